The lowest BCUT2D eigenvalue weighted by atomic mass is 10.0. The molecule has 0 aliphatic rings. The predicted octanol–water partition coefficient (Wildman–Crippen LogP) is 2.63. The summed E-state index contributed by atoms with van der Waals surface area (Å²) in [6.07, 6.45) is 6.44. The second kappa shape index (κ2) is 6.36. The van der Waals surface area contributed by atoms with E-state index < -0.39 is 11.7 Å². The zero-order valence-electron chi connectivity index (χ0n) is 13.6. The summed E-state index contributed by atoms with van der Waals surface area (Å²) in [5.74, 6) is -0.822. The van der Waals surface area contributed by atoms with Gasteiger partial charge >= 0.3 is 0 Å². The maximum Gasteiger partial charge on any atom is 0.223 e. The molecule has 0 aromatic carbocycles. The normalized spacial score (nSPS) is 11.0. The first-order chi connectivity index (χ1) is 12.6. The van der Waals surface area contributed by atoms with E-state index in [-0.39, 0.29) is 6.42 Å². The number of aromatic nitrogens is 4. The second-order valence-electron chi connectivity index (χ2n) is 5.80. The predicted molar refractivity (Wildman–Crippen MR) is 94.5 cm³/mol. The van der Waals surface area contributed by atoms with Crippen LogP contribution >= 0.6 is 0 Å². The number of carbonyl (C=O) groups excluding carboxylic acids is 1. The highest BCUT2D eigenvalue weighted by atomic mass is 19.1. The highest BCUT2D eigenvalue weighted by Crippen LogP contribution is 2.29. The SMILES string of the molecule is NC(=O)Cc1cnc2ccc(-c3cccnc3-c3ccc(F)cn3)cn12. The second-order valence-corrected chi connectivity index (χ2v) is 5.80. The fraction of sp³-hybridized carbons (Fsp3) is 0.0526. The van der Waals surface area contributed by atoms with Crippen LogP contribution in [0.3, 0.4) is 0 Å². The van der Waals surface area contributed by atoms with E-state index in [1.807, 2.05) is 34.9 Å². The lowest BCUT2D eigenvalue weighted by Crippen LogP contribution is -2.14. The third-order valence-corrected chi connectivity index (χ3v) is 4.03. The van der Waals surface area contributed by atoms with E-state index in [0.717, 1.165) is 23.0 Å². The Kier molecular flexibility index (Phi) is 3.89. The number of carbonyl (C=O) groups is 1. The van der Waals surface area contributed by atoms with Crippen molar-refractivity contribution in [3.8, 4) is 22.5 Å². The largest absolute Gasteiger partial charge is 0.369 e. The minimum Gasteiger partial charge on any atom is -0.369 e. The first kappa shape index (κ1) is 15.9. The summed E-state index contributed by atoms with van der Waals surface area (Å²) >= 11 is 0. The van der Waals surface area contributed by atoms with E-state index in [2.05, 4.69) is 15.0 Å². The highest BCUT2D eigenvalue weighted by Gasteiger charge is 2.12. The molecule has 7 heteroatoms. The Bertz CT molecular complexity index is 1100. The Balaban J connectivity index is 1.85. The number of halogens is 1. The van der Waals surface area contributed by atoms with Crippen molar-refractivity contribution < 1.29 is 9.18 Å². The maximum absolute atomic E-state index is 13.2. The van der Waals surface area contributed by atoms with Gasteiger partial charge in [0, 0.05) is 29.7 Å². The van der Waals surface area contributed by atoms with Gasteiger partial charge in [0.15, 0.2) is 0 Å². The summed E-state index contributed by atoms with van der Waals surface area (Å²) in [5, 5.41) is 0. The van der Waals surface area contributed by atoms with Crippen LogP contribution in [0, 0.1) is 5.82 Å². The molecule has 0 atom stereocenters. The van der Waals surface area contributed by atoms with Gasteiger partial charge in [0.1, 0.15) is 11.5 Å². The van der Waals surface area contributed by atoms with E-state index in [4.69, 9.17) is 5.73 Å². The molecule has 0 aliphatic carbocycles. The molecule has 0 fully saturated rings. The van der Waals surface area contributed by atoms with Gasteiger partial charge < -0.3 is 10.1 Å². The first-order valence-electron chi connectivity index (χ1n) is 7.93. The molecule has 0 aliphatic heterocycles. The molecule has 0 spiro atoms. The molecule has 4 heterocycles. The number of nitrogens with zero attached hydrogens (tertiary/aromatic N) is 4. The summed E-state index contributed by atoms with van der Waals surface area (Å²) in [4.78, 5) is 24.1. The third-order valence-electron chi connectivity index (χ3n) is 4.03. The fourth-order valence-corrected chi connectivity index (χ4v) is 2.86. The lowest BCUT2D eigenvalue weighted by Gasteiger charge is -2.09. The number of primary amides is 1. The van der Waals surface area contributed by atoms with Crippen molar-refractivity contribution in [1.29, 1.82) is 0 Å². The van der Waals surface area contributed by atoms with Crippen molar-refractivity contribution in [3.63, 3.8) is 0 Å². The van der Waals surface area contributed by atoms with Gasteiger partial charge in [-0.1, -0.05) is 6.07 Å². The summed E-state index contributed by atoms with van der Waals surface area (Å²) in [7, 11) is 0. The standard InChI is InChI=1S/C19H14FN5O/c20-13-4-5-16(23-9-13)19-15(2-1-7-22-19)12-3-6-18-24-10-14(8-17(21)26)25(18)11-12/h1-7,9-11H,8H2,(H2,21,26). The van der Waals surface area contributed by atoms with Crippen molar-refractivity contribution in [2.75, 3.05) is 0 Å². The number of hydrogen-bond donors (Lipinski definition) is 1. The number of nitrogens with two attached hydrogens (primary N) is 1. The van der Waals surface area contributed by atoms with Crippen LogP contribution in [0.2, 0.25) is 0 Å². The molecule has 4 aromatic rings. The van der Waals surface area contributed by atoms with Crippen molar-refractivity contribution in [2.45, 2.75) is 6.42 Å². The topological polar surface area (TPSA) is 86.2 Å². The van der Waals surface area contributed by atoms with Crippen LogP contribution in [0.5, 0.6) is 0 Å². The Morgan fingerprint density at radius 1 is 1.08 bits per heavy atom. The van der Waals surface area contributed by atoms with Gasteiger partial charge in [0.2, 0.25) is 5.91 Å². The van der Waals surface area contributed by atoms with Crippen molar-refractivity contribution >= 4 is 11.6 Å². The van der Waals surface area contributed by atoms with E-state index >= 15 is 0 Å². The molecule has 4 aromatic heterocycles. The van der Waals surface area contributed by atoms with E-state index in [1.54, 1.807) is 18.5 Å². The Hall–Kier alpha value is -3.61. The van der Waals surface area contributed by atoms with Gasteiger partial charge in [-0.15, -0.1) is 0 Å². The molecule has 6 nitrogen and oxygen atoms in total. The monoisotopic (exact) mass is 347 g/mol. The molecule has 4 rings (SSSR count). The number of imidazole rings is 1. The molecular weight excluding hydrogens is 333 g/mol. The Morgan fingerprint density at radius 2 is 1.96 bits per heavy atom. The van der Waals surface area contributed by atoms with Crippen molar-refractivity contribution in [3.05, 3.63) is 72.7 Å². The fourth-order valence-electron chi connectivity index (χ4n) is 2.86. The maximum atomic E-state index is 13.2. The van der Waals surface area contributed by atoms with Gasteiger partial charge in [-0.2, -0.15) is 0 Å². The van der Waals surface area contributed by atoms with Crippen LogP contribution in [0.15, 0.2) is 61.2 Å². The Morgan fingerprint density at radius 3 is 2.73 bits per heavy atom. The minimum atomic E-state index is -0.421. The summed E-state index contributed by atoms with van der Waals surface area (Å²) in [6.45, 7) is 0. The van der Waals surface area contributed by atoms with Gasteiger partial charge in [-0.05, 0) is 30.3 Å². The quantitative estimate of drug-likeness (QED) is 0.615. The van der Waals surface area contributed by atoms with E-state index in [0.29, 0.717) is 17.1 Å². The lowest BCUT2D eigenvalue weighted by molar-refractivity contribution is -0.117. The van der Waals surface area contributed by atoms with Crippen LogP contribution in [0.1, 0.15) is 5.69 Å². The Labute approximate surface area is 148 Å². The number of rotatable bonds is 4. The van der Waals surface area contributed by atoms with Gasteiger partial charge in [-0.3, -0.25) is 14.8 Å². The van der Waals surface area contributed by atoms with Gasteiger partial charge in [-0.25, -0.2) is 9.37 Å². The van der Waals surface area contributed by atoms with Crippen molar-refractivity contribution in [1.82, 2.24) is 19.4 Å². The van der Waals surface area contributed by atoms with Crippen LogP contribution in [-0.4, -0.2) is 25.3 Å². The highest BCUT2D eigenvalue weighted by molar-refractivity contribution is 5.80. The molecule has 0 radical (unpaired) electrons. The molecule has 26 heavy (non-hydrogen) atoms. The van der Waals surface area contributed by atoms with Gasteiger partial charge in [0.05, 0.1) is 29.7 Å². The van der Waals surface area contributed by atoms with E-state index in [9.17, 15) is 9.18 Å². The minimum absolute atomic E-state index is 0.101. The average Bonchev–Trinajstić information content (AvgIpc) is 3.04. The van der Waals surface area contributed by atoms with Crippen LogP contribution in [-0.2, 0) is 11.2 Å². The number of pyridine rings is 3. The summed E-state index contributed by atoms with van der Waals surface area (Å²) < 4.78 is 15.0. The molecule has 128 valence electrons. The molecule has 0 unspecified atom stereocenters. The van der Waals surface area contributed by atoms with Crippen LogP contribution in [0.25, 0.3) is 28.2 Å². The first-order valence-corrected chi connectivity index (χ1v) is 7.93. The van der Waals surface area contributed by atoms with Crippen molar-refractivity contribution in [2.24, 2.45) is 5.73 Å². The van der Waals surface area contributed by atoms with Crippen LogP contribution in [0.4, 0.5) is 4.39 Å². The molecule has 0 saturated heterocycles. The molecular formula is C19H14FN5O. The number of hydrogen-bond acceptors (Lipinski definition) is 4. The average molecular weight is 347 g/mol. The summed E-state index contributed by atoms with van der Waals surface area (Å²) in [6, 6.07) is 10.5. The zero-order valence-corrected chi connectivity index (χ0v) is 13.6. The van der Waals surface area contributed by atoms with E-state index in [1.165, 1.54) is 6.07 Å². The molecule has 2 N–H and O–H groups in total. The smallest absolute Gasteiger partial charge is 0.223 e. The van der Waals surface area contributed by atoms with Gasteiger partial charge in [0.25, 0.3) is 0 Å². The number of amides is 1. The summed E-state index contributed by atoms with van der Waals surface area (Å²) in [5.41, 5.74) is 9.66. The zero-order chi connectivity index (χ0) is 18.1. The van der Waals surface area contributed by atoms with Crippen LogP contribution < -0.4 is 5.73 Å². The molecule has 1 amide bonds. The molecule has 0 bridgehead atoms. The third kappa shape index (κ3) is 2.90. The molecule has 0 saturated carbocycles. The number of fused-ring (bicyclic) bond motifs is 1.